The molecule has 33 heavy (non-hydrogen) atoms. The monoisotopic (exact) mass is 483 g/mol. The van der Waals surface area contributed by atoms with Gasteiger partial charge in [-0.2, -0.15) is 0 Å². The predicted molar refractivity (Wildman–Crippen MR) is 125 cm³/mol. The summed E-state index contributed by atoms with van der Waals surface area (Å²) < 4.78 is 17.1. The van der Waals surface area contributed by atoms with Crippen molar-refractivity contribution in [1.82, 2.24) is 10.2 Å². The molecule has 0 aliphatic carbocycles. The third-order valence-electron chi connectivity index (χ3n) is 5.36. The van der Waals surface area contributed by atoms with Crippen molar-refractivity contribution in [3.05, 3.63) is 73.5 Å². The van der Waals surface area contributed by atoms with Gasteiger partial charge < -0.3 is 13.9 Å². The molecular formula is C23H18ClN3O5S. The zero-order valence-corrected chi connectivity index (χ0v) is 19.5. The zero-order valence-electron chi connectivity index (χ0n) is 17.9. The number of amides is 1. The lowest BCUT2D eigenvalue weighted by Gasteiger charge is -2.23. The first kappa shape index (κ1) is 21.4. The van der Waals surface area contributed by atoms with E-state index in [1.165, 1.54) is 23.3 Å². The molecule has 10 heteroatoms. The molecule has 0 bridgehead atoms. The van der Waals surface area contributed by atoms with E-state index in [0.29, 0.717) is 44.2 Å². The lowest BCUT2D eigenvalue weighted by atomic mass is 9.98. The van der Waals surface area contributed by atoms with Gasteiger partial charge in [0.25, 0.3) is 5.91 Å². The second-order valence-electron chi connectivity index (χ2n) is 7.34. The van der Waals surface area contributed by atoms with Gasteiger partial charge in [-0.05, 0) is 49.7 Å². The summed E-state index contributed by atoms with van der Waals surface area (Å²) in [5.41, 5.74) is 0.816. The molecule has 3 heterocycles. The van der Waals surface area contributed by atoms with Gasteiger partial charge in [-0.25, -0.2) is 0 Å². The van der Waals surface area contributed by atoms with E-state index >= 15 is 0 Å². The van der Waals surface area contributed by atoms with Crippen molar-refractivity contribution in [3.63, 3.8) is 0 Å². The van der Waals surface area contributed by atoms with Crippen LogP contribution in [-0.2, 0) is 0 Å². The van der Waals surface area contributed by atoms with Gasteiger partial charge >= 0.3 is 0 Å². The van der Waals surface area contributed by atoms with E-state index in [1.807, 2.05) is 6.92 Å². The summed E-state index contributed by atoms with van der Waals surface area (Å²) >= 11 is 7.39. The number of ether oxygens (including phenoxy) is 2. The van der Waals surface area contributed by atoms with Crippen molar-refractivity contribution < 1.29 is 18.7 Å². The minimum absolute atomic E-state index is 0.0273. The molecular weight excluding hydrogens is 466 g/mol. The van der Waals surface area contributed by atoms with E-state index in [-0.39, 0.29) is 22.3 Å². The molecule has 1 unspecified atom stereocenters. The van der Waals surface area contributed by atoms with Gasteiger partial charge in [-0.3, -0.25) is 14.5 Å². The average molecular weight is 484 g/mol. The molecule has 0 radical (unpaired) electrons. The molecule has 0 fully saturated rings. The first-order valence-electron chi connectivity index (χ1n) is 10.1. The van der Waals surface area contributed by atoms with Crippen LogP contribution in [0.1, 0.15) is 39.7 Å². The molecule has 1 aliphatic rings. The zero-order chi connectivity index (χ0) is 23.3. The molecule has 2 aromatic heterocycles. The summed E-state index contributed by atoms with van der Waals surface area (Å²) in [5, 5.41) is 9.96. The van der Waals surface area contributed by atoms with Crippen LogP contribution in [0.15, 0.2) is 45.6 Å². The normalized spacial score (nSPS) is 15.2. The fraction of sp³-hybridized carbons (Fsp3) is 0.217. The number of benzene rings is 2. The van der Waals surface area contributed by atoms with Gasteiger partial charge in [0.1, 0.15) is 10.6 Å². The standard InChI is InChI=1S/C23H18ClN3O5S/c1-4-31-16-7-5-12(9-17(16)30-3)19-18-20(28)14-10-13(24)6-8-15(14)32-21(18)22(29)27(19)23-26-25-11(2)33-23/h5-10,19H,4H2,1-3H3. The molecule has 0 spiro atoms. The summed E-state index contributed by atoms with van der Waals surface area (Å²) in [6.07, 6.45) is 0. The molecule has 5 rings (SSSR count). The van der Waals surface area contributed by atoms with E-state index in [4.69, 9.17) is 25.5 Å². The van der Waals surface area contributed by atoms with Crippen LogP contribution in [0.25, 0.3) is 11.0 Å². The molecule has 0 N–H and O–H groups in total. The van der Waals surface area contributed by atoms with Crippen LogP contribution < -0.4 is 19.8 Å². The highest BCUT2D eigenvalue weighted by Crippen LogP contribution is 2.44. The Balaban J connectivity index is 1.79. The Morgan fingerprint density at radius 1 is 1.15 bits per heavy atom. The SMILES string of the molecule is CCOc1ccc(C2c3c(oc4ccc(Cl)cc4c3=O)C(=O)N2c2nnc(C)s2)cc1OC. The maximum Gasteiger partial charge on any atom is 0.297 e. The number of anilines is 1. The summed E-state index contributed by atoms with van der Waals surface area (Å²) in [5.74, 6) is 0.550. The second-order valence-corrected chi connectivity index (χ2v) is 8.94. The summed E-state index contributed by atoms with van der Waals surface area (Å²) in [6, 6.07) is 9.25. The van der Waals surface area contributed by atoms with Gasteiger partial charge in [-0.15, -0.1) is 10.2 Å². The molecule has 0 saturated heterocycles. The van der Waals surface area contributed by atoms with Gasteiger partial charge in [0.05, 0.1) is 30.7 Å². The van der Waals surface area contributed by atoms with Crippen LogP contribution in [-0.4, -0.2) is 29.8 Å². The Morgan fingerprint density at radius 2 is 1.97 bits per heavy atom. The Kier molecular flexibility index (Phi) is 5.30. The Morgan fingerprint density at radius 3 is 2.67 bits per heavy atom. The lowest BCUT2D eigenvalue weighted by molar-refractivity contribution is 0.0970. The van der Waals surface area contributed by atoms with Crippen molar-refractivity contribution >= 4 is 44.9 Å². The third kappa shape index (κ3) is 3.44. The predicted octanol–water partition coefficient (Wildman–Crippen LogP) is 4.76. The maximum atomic E-state index is 13.6. The molecule has 1 aliphatic heterocycles. The van der Waals surface area contributed by atoms with Crippen molar-refractivity contribution in [2.75, 3.05) is 18.6 Å². The van der Waals surface area contributed by atoms with E-state index in [9.17, 15) is 9.59 Å². The van der Waals surface area contributed by atoms with Gasteiger partial charge in [0, 0.05) is 5.02 Å². The number of hydrogen-bond donors (Lipinski definition) is 0. The largest absolute Gasteiger partial charge is 0.493 e. The van der Waals surface area contributed by atoms with Crippen LogP contribution >= 0.6 is 22.9 Å². The van der Waals surface area contributed by atoms with Crippen molar-refractivity contribution in [2.24, 2.45) is 0 Å². The number of hydrogen-bond acceptors (Lipinski definition) is 8. The van der Waals surface area contributed by atoms with Crippen LogP contribution in [0, 0.1) is 6.92 Å². The number of halogens is 1. The smallest absolute Gasteiger partial charge is 0.297 e. The first-order valence-corrected chi connectivity index (χ1v) is 11.3. The Hall–Kier alpha value is -3.43. The third-order valence-corrected chi connectivity index (χ3v) is 6.43. The van der Waals surface area contributed by atoms with Gasteiger partial charge in [0.15, 0.2) is 16.9 Å². The number of fused-ring (bicyclic) bond motifs is 2. The summed E-state index contributed by atoms with van der Waals surface area (Å²) in [6.45, 7) is 4.14. The number of nitrogens with zero attached hydrogens (tertiary/aromatic N) is 3. The minimum Gasteiger partial charge on any atom is -0.493 e. The molecule has 1 amide bonds. The van der Waals surface area contributed by atoms with Crippen LogP contribution in [0.2, 0.25) is 5.02 Å². The second kappa shape index (κ2) is 8.17. The van der Waals surface area contributed by atoms with Crippen LogP contribution in [0.5, 0.6) is 11.5 Å². The fourth-order valence-corrected chi connectivity index (χ4v) is 4.86. The van der Waals surface area contributed by atoms with E-state index in [0.717, 1.165) is 0 Å². The van der Waals surface area contributed by atoms with Gasteiger partial charge in [0.2, 0.25) is 10.9 Å². The van der Waals surface area contributed by atoms with Gasteiger partial charge in [-0.1, -0.05) is 29.0 Å². The Bertz CT molecular complexity index is 1460. The molecule has 168 valence electrons. The molecule has 0 saturated carbocycles. The number of methoxy groups -OCH3 is 1. The number of rotatable bonds is 5. The molecule has 2 aromatic carbocycles. The maximum absolute atomic E-state index is 13.6. The molecule has 8 nitrogen and oxygen atoms in total. The van der Waals surface area contributed by atoms with Crippen molar-refractivity contribution in [2.45, 2.75) is 19.9 Å². The minimum atomic E-state index is -0.788. The number of carbonyl (C=O) groups excluding carboxylic acids is 1. The fourth-order valence-electron chi connectivity index (χ4n) is 3.97. The quantitative estimate of drug-likeness (QED) is 0.403. The van der Waals surface area contributed by atoms with E-state index in [2.05, 4.69) is 10.2 Å². The molecule has 4 aromatic rings. The van der Waals surface area contributed by atoms with E-state index < -0.39 is 11.9 Å². The Labute approximate surface area is 197 Å². The average Bonchev–Trinajstić information content (AvgIpc) is 3.36. The first-order chi connectivity index (χ1) is 15.9. The summed E-state index contributed by atoms with van der Waals surface area (Å²) in [7, 11) is 1.53. The van der Waals surface area contributed by atoms with Crippen molar-refractivity contribution in [1.29, 1.82) is 0 Å². The lowest BCUT2D eigenvalue weighted by Crippen LogP contribution is -2.29. The highest BCUT2D eigenvalue weighted by atomic mass is 35.5. The van der Waals surface area contributed by atoms with Crippen LogP contribution in [0.4, 0.5) is 5.13 Å². The number of aromatic nitrogens is 2. The highest BCUT2D eigenvalue weighted by Gasteiger charge is 2.45. The summed E-state index contributed by atoms with van der Waals surface area (Å²) in [4.78, 5) is 28.6. The highest BCUT2D eigenvalue weighted by molar-refractivity contribution is 7.15. The topological polar surface area (TPSA) is 94.8 Å². The van der Waals surface area contributed by atoms with E-state index in [1.54, 1.807) is 43.3 Å². The molecule has 1 atom stereocenters. The number of aryl methyl sites for hydroxylation is 1. The van der Waals surface area contributed by atoms with Crippen molar-refractivity contribution in [3.8, 4) is 11.5 Å². The van der Waals surface area contributed by atoms with Crippen LogP contribution in [0.3, 0.4) is 0 Å². The number of carbonyl (C=O) groups is 1.